The molecule has 1 aromatic carbocycles. The normalized spacial score (nSPS) is 22.3. The van der Waals surface area contributed by atoms with E-state index >= 15 is 0 Å². The average molecular weight is 418 g/mol. The molecule has 4 amide bonds. The minimum absolute atomic E-state index is 0.0744. The zero-order valence-corrected chi connectivity index (χ0v) is 17.4. The van der Waals surface area contributed by atoms with Gasteiger partial charge >= 0.3 is 0 Å². The molecule has 7 nitrogen and oxygen atoms in total. The topological polar surface area (TPSA) is 110 Å². The number of carbonyl (C=O) groups is 4. The summed E-state index contributed by atoms with van der Waals surface area (Å²) in [6, 6.07) is 5.85. The maximum Gasteiger partial charge on any atom is 0.262 e. The summed E-state index contributed by atoms with van der Waals surface area (Å²) in [6.45, 7) is 0.475. The van der Waals surface area contributed by atoms with E-state index in [9.17, 15) is 19.2 Å². The Balaban J connectivity index is 1.65. The van der Waals surface area contributed by atoms with Gasteiger partial charge in [0.2, 0.25) is 11.8 Å². The minimum Gasteiger partial charge on any atom is -0.369 e. The first-order valence-electron chi connectivity index (χ1n) is 9.97. The Hall–Kier alpha value is -2.35. The second-order valence-corrected chi connectivity index (χ2v) is 8.67. The van der Waals surface area contributed by atoms with Gasteiger partial charge in [-0.1, -0.05) is 12.1 Å². The molecule has 0 aromatic heterocycles. The molecule has 3 rings (SSSR count). The van der Waals surface area contributed by atoms with Crippen molar-refractivity contribution >= 4 is 35.4 Å². The van der Waals surface area contributed by atoms with Crippen molar-refractivity contribution in [2.24, 2.45) is 17.6 Å². The van der Waals surface area contributed by atoms with Gasteiger partial charge in [0.25, 0.3) is 11.8 Å². The van der Waals surface area contributed by atoms with Crippen molar-refractivity contribution in [3.05, 3.63) is 35.4 Å². The molecule has 1 aliphatic carbocycles. The number of primary amides is 1. The molecule has 2 aliphatic rings. The molecule has 1 aromatic rings. The van der Waals surface area contributed by atoms with Crippen LogP contribution in [0.4, 0.5) is 0 Å². The lowest BCUT2D eigenvalue weighted by molar-refractivity contribution is -0.126. The number of fused-ring (bicyclic) bond motifs is 1. The van der Waals surface area contributed by atoms with Gasteiger partial charge in [-0.05, 0) is 62.2 Å². The maximum absolute atomic E-state index is 13.0. The number of rotatable bonds is 8. The predicted molar refractivity (Wildman–Crippen MR) is 111 cm³/mol. The zero-order chi connectivity index (χ0) is 21.0. The van der Waals surface area contributed by atoms with Crippen LogP contribution in [-0.4, -0.2) is 53.1 Å². The van der Waals surface area contributed by atoms with Gasteiger partial charge in [-0.15, -0.1) is 0 Å². The first-order valence-corrected chi connectivity index (χ1v) is 11.4. The van der Waals surface area contributed by atoms with Gasteiger partial charge in [-0.2, -0.15) is 11.8 Å². The number of nitrogens with one attached hydrogen (secondary N) is 1. The van der Waals surface area contributed by atoms with E-state index < -0.39 is 17.9 Å². The third kappa shape index (κ3) is 4.63. The Morgan fingerprint density at radius 3 is 2.24 bits per heavy atom. The molecule has 156 valence electrons. The Labute approximate surface area is 174 Å². The monoisotopic (exact) mass is 417 g/mol. The highest BCUT2D eigenvalue weighted by Gasteiger charge is 2.42. The summed E-state index contributed by atoms with van der Waals surface area (Å²) in [5, 5.41) is 2.94. The van der Waals surface area contributed by atoms with Crippen molar-refractivity contribution in [2.75, 3.05) is 18.6 Å². The zero-order valence-electron chi connectivity index (χ0n) is 16.6. The van der Waals surface area contributed by atoms with E-state index in [1.165, 1.54) is 0 Å². The summed E-state index contributed by atoms with van der Waals surface area (Å²) in [7, 11) is 0. The molecule has 1 saturated carbocycles. The number of benzene rings is 1. The van der Waals surface area contributed by atoms with Gasteiger partial charge < -0.3 is 11.1 Å². The van der Waals surface area contributed by atoms with Crippen LogP contribution in [0, 0.1) is 11.8 Å². The summed E-state index contributed by atoms with van der Waals surface area (Å²) in [4.78, 5) is 51.0. The molecule has 1 fully saturated rings. The highest BCUT2D eigenvalue weighted by molar-refractivity contribution is 7.98. The van der Waals surface area contributed by atoms with E-state index in [-0.39, 0.29) is 23.7 Å². The number of thioether (sulfide) groups is 1. The van der Waals surface area contributed by atoms with Gasteiger partial charge in [0.1, 0.15) is 6.04 Å². The lowest BCUT2D eigenvalue weighted by Crippen LogP contribution is -2.50. The van der Waals surface area contributed by atoms with Gasteiger partial charge in [-0.25, -0.2) is 0 Å². The molecular formula is C21H27N3O4S. The lowest BCUT2D eigenvalue weighted by Gasteiger charge is -2.29. The van der Waals surface area contributed by atoms with Crippen LogP contribution in [0.1, 0.15) is 52.8 Å². The van der Waals surface area contributed by atoms with E-state index in [1.807, 2.05) is 6.26 Å². The first-order chi connectivity index (χ1) is 13.9. The van der Waals surface area contributed by atoms with Crippen molar-refractivity contribution < 1.29 is 19.2 Å². The third-order valence-corrected chi connectivity index (χ3v) is 6.49. The van der Waals surface area contributed by atoms with Crippen molar-refractivity contribution in [3.63, 3.8) is 0 Å². The average Bonchev–Trinajstić information content (AvgIpc) is 2.98. The number of carbonyl (C=O) groups excluding carboxylic acids is 4. The van der Waals surface area contributed by atoms with Crippen molar-refractivity contribution in [3.8, 4) is 0 Å². The highest BCUT2D eigenvalue weighted by Crippen LogP contribution is 2.29. The predicted octanol–water partition coefficient (Wildman–Crippen LogP) is 1.81. The number of nitrogens with zero attached hydrogens (tertiary/aromatic N) is 1. The molecule has 0 spiro atoms. The summed E-state index contributed by atoms with van der Waals surface area (Å²) in [5.74, 6) is -0.508. The Morgan fingerprint density at radius 2 is 1.72 bits per heavy atom. The molecule has 3 N–H and O–H groups in total. The molecule has 1 unspecified atom stereocenters. The van der Waals surface area contributed by atoms with Crippen LogP contribution in [0.15, 0.2) is 24.3 Å². The third-order valence-electron chi connectivity index (χ3n) is 5.85. The molecule has 0 bridgehead atoms. The van der Waals surface area contributed by atoms with E-state index in [0.717, 1.165) is 30.6 Å². The van der Waals surface area contributed by atoms with Crippen LogP contribution < -0.4 is 11.1 Å². The summed E-state index contributed by atoms with van der Waals surface area (Å²) < 4.78 is 0. The highest BCUT2D eigenvalue weighted by atomic mass is 32.2. The van der Waals surface area contributed by atoms with Crippen molar-refractivity contribution in [1.29, 1.82) is 0 Å². The van der Waals surface area contributed by atoms with Crippen LogP contribution in [0.25, 0.3) is 0 Å². The lowest BCUT2D eigenvalue weighted by atomic mass is 9.81. The molecule has 29 heavy (non-hydrogen) atoms. The Bertz CT molecular complexity index is 770. The number of nitrogens with two attached hydrogens (primary N) is 1. The number of hydrogen-bond acceptors (Lipinski definition) is 5. The van der Waals surface area contributed by atoms with Crippen molar-refractivity contribution in [2.45, 2.75) is 38.1 Å². The van der Waals surface area contributed by atoms with Gasteiger partial charge in [0, 0.05) is 12.5 Å². The van der Waals surface area contributed by atoms with Gasteiger partial charge in [0.15, 0.2) is 0 Å². The molecule has 1 aliphatic heterocycles. The van der Waals surface area contributed by atoms with Gasteiger partial charge in [-0.3, -0.25) is 24.1 Å². The summed E-state index contributed by atoms with van der Waals surface area (Å²) in [6.07, 6.45) is 5.47. The fourth-order valence-electron chi connectivity index (χ4n) is 4.11. The van der Waals surface area contributed by atoms with Crippen LogP contribution in [0.5, 0.6) is 0 Å². The first kappa shape index (κ1) is 21.4. The Kier molecular flexibility index (Phi) is 6.95. The second kappa shape index (κ2) is 9.43. The van der Waals surface area contributed by atoms with Crippen LogP contribution in [-0.2, 0) is 9.59 Å². The summed E-state index contributed by atoms with van der Waals surface area (Å²) in [5.41, 5.74) is 6.08. The van der Waals surface area contributed by atoms with Crippen molar-refractivity contribution in [1.82, 2.24) is 10.2 Å². The van der Waals surface area contributed by atoms with Crippen LogP contribution in [0.3, 0.4) is 0 Å². The molecule has 0 radical (unpaired) electrons. The quantitative estimate of drug-likeness (QED) is 0.627. The fourth-order valence-corrected chi connectivity index (χ4v) is 4.57. The van der Waals surface area contributed by atoms with E-state index in [0.29, 0.717) is 29.8 Å². The number of hydrogen-bond donors (Lipinski definition) is 2. The Morgan fingerprint density at radius 1 is 1.14 bits per heavy atom. The fraction of sp³-hybridized carbons (Fsp3) is 0.524. The number of imide groups is 1. The number of amides is 4. The smallest absolute Gasteiger partial charge is 0.262 e. The standard InChI is InChI=1S/C21H27N3O4S/c1-29-11-10-17(24-20(27)15-4-2-3-5-16(15)21(24)28)19(26)23-12-13-6-8-14(9-7-13)18(22)25/h2-5,13-14,17H,6-12H2,1H3,(H2,22,25)(H,23,26). The SMILES string of the molecule is CSCCC(C(=O)NCC1CCC(C(N)=O)CC1)N1C(=O)c2ccccc2C1=O. The van der Waals surface area contributed by atoms with E-state index in [4.69, 9.17) is 5.73 Å². The van der Waals surface area contributed by atoms with Crippen LogP contribution in [0.2, 0.25) is 0 Å². The second-order valence-electron chi connectivity index (χ2n) is 7.69. The molecule has 0 saturated heterocycles. The molecular weight excluding hydrogens is 390 g/mol. The molecule has 8 heteroatoms. The maximum atomic E-state index is 13.0. The largest absolute Gasteiger partial charge is 0.369 e. The minimum atomic E-state index is -0.822. The van der Waals surface area contributed by atoms with Crippen LogP contribution >= 0.6 is 11.8 Å². The summed E-state index contributed by atoms with van der Waals surface area (Å²) >= 11 is 1.57. The molecule has 1 heterocycles. The molecule has 1 atom stereocenters. The van der Waals surface area contributed by atoms with E-state index in [2.05, 4.69) is 5.32 Å². The van der Waals surface area contributed by atoms with E-state index in [1.54, 1.807) is 36.0 Å². The van der Waals surface area contributed by atoms with Gasteiger partial charge in [0.05, 0.1) is 11.1 Å².